The van der Waals surface area contributed by atoms with Crippen molar-refractivity contribution in [3.63, 3.8) is 0 Å². The van der Waals surface area contributed by atoms with Crippen LogP contribution in [0.3, 0.4) is 0 Å². The van der Waals surface area contributed by atoms with Gasteiger partial charge in [0.25, 0.3) is 0 Å². The third kappa shape index (κ3) is 55.9. The van der Waals surface area contributed by atoms with E-state index in [2.05, 4.69) is 20.8 Å². The first-order valence-electron chi connectivity index (χ1n) is 14.4. The molecule has 0 aromatic heterocycles. The van der Waals surface area contributed by atoms with Gasteiger partial charge in [0.15, 0.2) is 0 Å². The molecule has 0 heterocycles. The number of carbonyl (C=O) groups excluding carboxylic acids is 1. The molecule has 0 aliphatic rings. The van der Waals surface area contributed by atoms with Crippen molar-refractivity contribution in [1.82, 2.24) is 0 Å². The van der Waals surface area contributed by atoms with Crippen LogP contribution in [0, 0.1) is 6.92 Å². The second-order valence-electron chi connectivity index (χ2n) is 9.46. The summed E-state index contributed by atoms with van der Waals surface area (Å²) in [4.78, 5) is 10.2. The summed E-state index contributed by atoms with van der Waals surface area (Å²) in [6.45, 7) is 8.39. The first kappa shape index (κ1) is 42.3. The molecule has 217 valence electrons. The van der Waals surface area contributed by atoms with Crippen LogP contribution >= 0.6 is 0 Å². The fraction of sp³-hybridized carbons (Fsp3) is 0.931. The van der Waals surface area contributed by atoms with Crippen molar-refractivity contribution in [2.24, 2.45) is 0 Å². The molecular weight excluding hydrogens is 530 g/mol. The van der Waals surface area contributed by atoms with Gasteiger partial charge < -0.3 is 16.8 Å². The molecule has 4 nitrogen and oxygen atoms in total. The van der Waals surface area contributed by atoms with Crippen LogP contribution in [-0.4, -0.2) is 5.97 Å². The van der Waals surface area contributed by atoms with E-state index in [0.717, 1.165) is 19.3 Å². The molecule has 0 rings (SSSR count). The van der Waals surface area contributed by atoms with E-state index < -0.39 is 20.9 Å². The summed E-state index contributed by atoms with van der Waals surface area (Å²) < 4.78 is 16.7. The van der Waals surface area contributed by atoms with Crippen LogP contribution in [-0.2, 0) is 40.4 Å². The molecule has 0 N–H and O–H groups in total. The van der Waals surface area contributed by atoms with Gasteiger partial charge in [0.1, 0.15) is 0 Å². The third-order valence-electron chi connectivity index (χ3n) is 6.09. The van der Waals surface area contributed by atoms with Crippen molar-refractivity contribution < 1.29 is 49.7 Å². The zero-order valence-corrected chi connectivity index (χ0v) is 25.3. The van der Waals surface area contributed by atoms with Gasteiger partial charge in [-0.15, -0.1) is 0 Å². The Balaban J connectivity index is -0.000000249. The van der Waals surface area contributed by atoms with Crippen LogP contribution in [0.15, 0.2) is 0 Å². The van der Waals surface area contributed by atoms with Gasteiger partial charge in [-0.1, -0.05) is 155 Å². The molecule has 0 bridgehead atoms. The van der Waals surface area contributed by atoms with E-state index in [0.29, 0.717) is 0 Å². The van der Waals surface area contributed by atoms with E-state index in [-0.39, 0.29) is 23.2 Å². The summed E-state index contributed by atoms with van der Waals surface area (Å²) in [6, 6.07) is 0. The number of hydrogen-bond donors (Lipinski definition) is 0. The second-order valence-corrected chi connectivity index (χ2v) is 9.63. The van der Waals surface area contributed by atoms with Gasteiger partial charge in [0.05, 0.1) is 0 Å². The molecule has 0 fully saturated rings. The molecule has 0 atom stereocenters. The SMILES string of the molecule is CCCCCCCCCCCCCCCC(=O)[O-].[CH2-]CCCCCCCCCCCC.[Co+2].[O]=[Co][O-]. The fourth-order valence-electron chi connectivity index (χ4n) is 3.95. The van der Waals surface area contributed by atoms with Crippen molar-refractivity contribution in [2.75, 3.05) is 0 Å². The predicted octanol–water partition coefficient (Wildman–Crippen LogP) is 8.04. The molecule has 0 saturated carbocycles. The molecule has 0 aliphatic heterocycles. The first-order valence-corrected chi connectivity index (χ1v) is 15.3. The van der Waals surface area contributed by atoms with Crippen molar-refractivity contribution in [1.29, 1.82) is 0 Å². The molecule has 1 radical (unpaired) electrons. The number of carboxylic acid groups (broad SMARTS) is 1. The zero-order valence-electron chi connectivity index (χ0n) is 23.2. The number of aliphatic carboxylic acids is 1. The number of carbonyl (C=O) groups is 1. The number of unbranched alkanes of at least 4 members (excludes halogenated alkanes) is 22. The molecule has 0 aliphatic carbocycles. The van der Waals surface area contributed by atoms with Crippen LogP contribution in [0.25, 0.3) is 0 Å². The standard InChI is InChI=1S/C16H32O2.C13H27.2Co.2O/c1-2-3-4-5-6-7-8-9-10-11-12-13-14-15-16(17)18;1-3-5-7-9-11-13-12-10-8-6-4-2;;;;/h2-15H2,1H3,(H,17,18);1,3-13H2,2H3;;;;/q;-1;;+2;;-1/p-1. The van der Waals surface area contributed by atoms with Crippen molar-refractivity contribution in [2.45, 2.75) is 174 Å². The van der Waals surface area contributed by atoms with Gasteiger partial charge in [-0.2, -0.15) is 6.42 Å². The quantitative estimate of drug-likeness (QED) is 0.0845. The summed E-state index contributed by atoms with van der Waals surface area (Å²) >= 11 is -1.06. The Hall–Kier alpha value is 0.243. The van der Waals surface area contributed by atoms with Crippen molar-refractivity contribution in [3.8, 4) is 0 Å². The Bertz CT molecular complexity index is 359. The minimum absolute atomic E-state index is 0. The van der Waals surface area contributed by atoms with Gasteiger partial charge in [-0.3, -0.25) is 0 Å². The van der Waals surface area contributed by atoms with Crippen LogP contribution in [0.2, 0.25) is 0 Å². The Kier molecular flexibility index (Phi) is 53.5. The Morgan fingerprint density at radius 1 is 0.571 bits per heavy atom. The molecule has 35 heavy (non-hydrogen) atoms. The van der Waals surface area contributed by atoms with Crippen molar-refractivity contribution in [3.05, 3.63) is 6.92 Å². The summed E-state index contributed by atoms with van der Waals surface area (Å²) in [7, 11) is 0. The number of rotatable bonds is 24. The van der Waals surface area contributed by atoms with E-state index in [1.165, 1.54) is 135 Å². The normalized spacial score (nSPS) is 10.1. The second kappa shape index (κ2) is 44.3. The Morgan fingerprint density at radius 3 is 1.03 bits per heavy atom. The maximum atomic E-state index is 10.2. The van der Waals surface area contributed by atoms with E-state index in [1.54, 1.807) is 0 Å². The maximum absolute atomic E-state index is 10.2. The average Bonchev–Trinajstić information content (AvgIpc) is 2.82. The van der Waals surface area contributed by atoms with Crippen LogP contribution in [0.1, 0.15) is 174 Å². The van der Waals surface area contributed by atoms with Gasteiger partial charge in [0, 0.05) is 5.97 Å². The first-order chi connectivity index (χ1) is 16.6. The van der Waals surface area contributed by atoms with Gasteiger partial charge in [0.2, 0.25) is 0 Å². The Morgan fingerprint density at radius 2 is 0.800 bits per heavy atom. The van der Waals surface area contributed by atoms with E-state index in [1.807, 2.05) is 0 Å². The predicted molar refractivity (Wildman–Crippen MR) is 138 cm³/mol. The molecular formula is C29H58Co2O4-. The summed E-state index contributed by atoms with van der Waals surface area (Å²) in [6.07, 6.45) is 32.3. The average molecular weight is 589 g/mol. The van der Waals surface area contributed by atoms with Gasteiger partial charge >= 0.3 is 39.8 Å². The van der Waals surface area contributed by atoms with E-state index in [4.69, 9.17) is 8.08 Å². The topological polar surface area (TPSA) is 80.3 Å². The molecule has 0 aromatic carbocycles. The number of carboxylic acids is 1. The molecule has 0 amide bonds. The van der Waals surface area contributed by atoms with Crippen molar-refractivity contribution >= 4 is 5.97 Å². The summed E-state index contributed by atoms with van der Waals surface area (Å²) in [5.74, 6) is -0.905. The number of hydrogen-bond acceptors (Lipinski definition) is 4. The molecule has 6 heteroatoms. The molecule has 0 saturated heterocycles. The van der Waals surface area contributed by atoms with E-state index in [9.17, 15) is 9.90 Å². The van der Waals surface area contributed by atoms with E-state index >= 15 is 0 Å². The monoisotopic (exact) mass is 588 g/mol. The van der Waals surface area contributed by atoms with Gasteiger partial charge in [-0.05, 0) is 12.8 Å². The molecule has 0 aromatic rings. The van der Waals surface area contributed by atoms with Crippen LogP contribution < -0.4 is 9.33 Å². The Labute approximate surface area is 236 Å². The summed E-state index contributed by atoms with van der Waals surface area (Å²) in [5, 5.41) is 10.2. The van der Waals surface area contributed by atoms with Crippen LogP contribution in [0.5, 0.6) is 0 Å². The van der Waals surface area contributed by atoms with Crippen LogP contribution in [0.4, 0.5) is 0 Å². The fourth-order valence-corrected chi connectivity index (χ4v) is 3.95. The zero-order chi connectivity index (χ0) is 26.0. The van der Waals surface area contributed by atoms with Gasteiger partial charge in [-0.25, -0.2) is 0 Å². The third-order valence-corrected chi connectivity index (χ3v) is 6.09. The molecule has 0 unspecified atom stereocenters. The minimum atomic E-state index is -1.06. The summed E-state index contributed by atoms with van der Waals surface area (Å²) in [5.41, 5.74) is 0. The molecule has 0 spiro atoms.